The van der Waals surface area contributed by atoms with Gasteiger partial charge in [-0.15, -0.1) is 0 Å². The highest BCUT2D eigenvalue weighted by Crippen LogP contribution is 2.34. The third-order valence-corrected chi connectivity index (χ3v) is 6.63. The Morgan fingerprint density at radius 2 is 1.79 bits per heavy atom. The number of hydrogen-bond donors (Lipinski definition) is 3. The van der Waals surface area contributed by atoms with Gasteiger partial charge in [-0.1, -0.05) is 0 Å². The predicted molar refractivity (Wildman–Crippen MR) is 133 cm³/mol. The minimum Gasteiger partial charge on any atom is -0.462 e. The molecule has 14 heteroatoms. The summed E-state index contributed by atoms with van der Waals surface area (Å²) in [5.74, 6) is -3.63. The van der Waals surface area contributed by atoms with E-state index in [0.717, 1.165) is 0 Å². The van der Waals surface area contributed by atoms with E-state index in [1.807, 2.05) is 6.92 Å². The number of nitrogens with zero attached hydrogens (tertiary/aromatic N) is 4. The predicted octanol–water partition coefficient (Wildman–Crippen LogP) is 3.12. The standard InChI is InChI=1S/C24H24F2N5O6P/c1-4-31-21(8-13(3)29-31)22(32)28-24-27-19-9-14(23(33)37-5-2)6-7-20(19)30(24)12-16-17(25)10-15(11-18(16)26)38(34,35)36/h6-11H,4-5,12H2,1-3H3,(H,27,28,32)(H2,34,35,36). The molecule has 0 saturated heterocycles. The number of benzene rings is 2. The number of esters is 1. The van der Waals surface area contributed by atoms with Crippen LogP contribution in [0.5, 0.6) is 0 Å². The van der Waals surface area contributed by atoms with E-state index in [0.29, 0.717) is 29.9 Å². The van der Waals surface area contributed by atoms with Gasteiger partial charge in [0.05, 0.1) is 40.7 Å². The number of ether oxygens (including phenoxy) is 1. The molecule has 200 valence electrons. The second kappa shape index (κ2) is 10.4. The Labute approximate surface area is 215 Å². The first-order valence-corrected chi connectivity index (χ1v) is 13.1. The van der Waals surface area contributed by atoms with Crippen LogP contribution < -0.4 is 10.6 Å². The largest absolute Gasteiger partial charge is 0.462 e. The van der Waals surface area contributed by atoms with Crippen molar-refractivity contribution in [1.82, 2.24) is 19.3 Å². The molecule has 0 aliphatic carbocycles. The summed E-state index contributed by atoms with van der Waals surface area (Å²) in [6, 6.07) is 7.07. The van der Waals surface area contributed by atoms with E-state index in [-0.39, 0.29) is 29.3 Å². The summed E-state index contributed by atoms with van der Waals surface area (Å²) >= 11 is 0. The minimum atomic E-state index is -4.90. The maximum Gasteiger partial charge on any atom is 0.356 e. The van der Waals surface area contributed by atoms with Crippen LogP contribution in [-0.4, -0.2) is 47.6 Å². The van der Waals surface area contributed by atoms with Crippen molar-refractivity contribution in [2.24, 2.45) is 0 Å². The number of nitrogens with one attached hydrogen (secondary N) is 1. The normalized spacial score (nSPS) is 11.7. The van der Waals surface area contributed by atoms with Crippen molar-refractivity contribution in [3.8, 4) is 0 Å². The van der Waals surface area contributed by atoms with E-state index in [2.05, 4.69) is 15.4 Å². The highest BCUT2D eigenvalue weighted by Gasteiger charge is 2.25. The smallest absolute Gasteiger partial charge is 0.356 e. The summed E-state index contributed by atoms with van der Waals surface area (Å²) in [4.78, 5) is 48.3. The lowest BCUT2D eigenvalue weighted by molar-refractivity contribution is 0.0526. The Morgan fingerprint density at radius 3 is 2.39 bits per heavy atom. The van der Waals surface area contributed by atoms with E-state index in [1.165, 1.54) is 27.4 Å². The Bertz CT molecular complexity index is 1590. The van der Waals surface area contributed by atoms with Crippen LogP contribution in [0.2, 0.25) is 0 Å². The molecule has 11 nitrogen and oxygen atoms in total. The maximum absolute atomic E-state index is 14.9. The molecule has 1 amide bonds. The van der Waals surface area contributed by atoms with Crippen molar-refractivity contribution < 1.29 is 37.5 Å². The average molecular weight is 547 g/mol. The van der Waals surface area contributed by atoms with Crippen LogP contribution in [-0.2, 0) is 22.4 Å². The van der Waals surface area contributed by atoms with Gasteiger partial charge in [-0.25, -0.2) is 18.6 Å². The first-order chi connectivity index (χ1) is 17.9. The molecule has 0 aliphatic heterocycles. The van der Waals surface area contributed by atoms with Crippen molar-refractivity contribution in [3.05, 3.63) is 70.5 Å². The molecule has 2 heterocycles. The molecule has 0 spiro atoms. The number of aromatic nitrogens is 4. The van der Waals surface area contributed by atoms with E-state index >= 15 is 0 Å². The quantitative estimate of drug-likeness (QED) is 0.225. The number of aryl methyl sites for hydroxylation is 2. The van der Waals surface area contributed by atoms with Crippen LogP contribution in [0.3, 0.4) is 0 Å². The molecule has 0 fully saturated rings. The second-order valence-corrected chi connectivity index (χ2v) is 9.92. The van der Waals surface area contributed by atoms with Crippen molar-refractivity contribution in [2.75, 3.05) is 11.9 Å². The molecule has 4 rings (SSSR count). The van der Waals surface area contributed by atoms with Crippen LogP contribution >= 0.6 is 7.60 Å². The van der Waals surface area contributed by atoms with Gasteiger partial charge in [-0.2, -0.15) is 5.10 Å². The van der Waals surface area contributed by atoms with Gasteiger partial charge in [0, 0.05) is 12.1 Å². The molecule has 0 bridgehead atoms. The number of carbonyl (C=O) groups is 2. The molecule has 0 unspecified atom stereocenters. The molecule has 0 atom stereocenters. The molecule has 4 aromatic rings. The third kappa shape index (κ3) is 5.35. The zero-order valence-electron chi connectivity index (χ0n) is 20.6. The van der Waals surface area contributed by atoms with Gasteiger partial charge >= 0.3 is 13.6 Å². The first-order valence-electron chi connectivity index (χ1n) is 11.5. The van der Waals surface area contributed by atoms with E-state index < -0.39 is 48.5 Å². The molecule has 2 aromatic heterocycles. The number of rotatable bonds is 8. The molecule has 3 N–H and O–H groups in total. The van der Waals surface area contributed by atoms with E-state index in [9.17, 15) is 32.7 Å². The zero-order chi connectivity index (χ0) is 27.8. The lowest BCUT2D eigenvalue weighted by Crippen LogP contribution is -2.20. The number of carbonyl (C=O) groups excluding carboxylic acids is 2. The fourth-order valence-corrected chi connectivity index (χ4v) is 4.49. The molecular weight excluding hydrogens is 523 g/mol. The van der Waals surface area contributed by atoms with Crippen molar-refractivity contribution in [2.45, 2.75) is 33.9 Å². The molecule has 0 radical (unpaired) electrons. The maximum atomic E-state index is 14.9. The Balaban J connectivity index is 1.82. The van der Waals surface area contributed by atoms with Crippen LogP contribution in [0.4, 0.5) is 14.7 Å². The van der Waals surface area contributed by atoms with Crippen molar-refractivity contribution >= 4 is 41.8 Å². The molecule has 2 aromatic carbocycles. The summed E-state index contributed by atoms with van der Waals surface area (Å²) in [5, 5.41) is 6.08. The molecule has 0 aliphatic rings. The van der Waals surface area contributed by atoms with E-state index in [1.54, 1.807) is 19.9 Å². The van der Waals surface area contributed by atoms with Gasteiger partial charge < -0.3 is 19.1 Å². The minimum absolute atomic E-state index is 0.0784. The number of fused-ring (bicyclic) bond motifs is 1. The van der Waals surface area contributed by atoms with Gasteiger partial charge in [-0.3, -0.25) is 19.4 Å². The zero-order valence-corrected chi connectivity index (χ0v) is 21.5. The van der Waals surface area contributed by atoms with Gasteiger partial charge in [0.1, 0.15) is 17.3 Å². The van der Waals surface area contributed by atoms with Crippen molar-refractivity contribution in [1.29, 1.82) is 0 Å². The summed E-state index contributed by atoms with van der Waals surface area (Å²) in [5.41, 5.74) is 1.08. The Kier molecular flexibility index (Phi) is 7.45. The topological polar surface area (TPSA) is 149 Å². The van der Waals surface area contributed by atoms with Gasteiger partial charge in [0.15, 0.2) is 0 Å². The Morgan fingerprint density at radius 1 is 1.11 bits per heavy atom. The lowest BCUT2D eigenvalue weighted by atomic mass is 10.1. The number of imidazole rings is 1. The van der Waals surface area contributed by atoms with Crippen molar-refractivity contribution in [3.63, 3.8) is 0 Å². The fourth-order valence-electron chi connectivity index (χ4n) is 3.93. The lowest BCUT2D eigenvalue weighted by Gasteiger charge is -2.13. The first kappa shape index (κ1) is 27.1. The summed E-state index contributed by atoms with van der Waals surface area (Å²) in [6.45, 7) is 5.26. The van der Waals surface area contributed by atoms with E-state index in [4.69, 9.17) is 4.74 Å². The van der Waals surface area contributed by atoms with Crippen LogP contribution in [0.15, 0.2) is 36.4 Å². The number of halogens is 2. The fraction of sp³-hybridized carbons (Fsp3) is 0.250. The van der Waals surface area contributed by atoms with Crippen LogP contribution in [0.25, 0.3) is 11.0 Å². The third-order valence-electron chi connectivity index (χ3n) is 5.70. The van der Waals surface area contributed by atoms with Crippen LogP contribution in [0.1, 0.15) is 46.0 Å². The molecule has 0 saturated carbocycles. The number of hydrogen-bond acceptors (Lipinski definition) is 6. The second-order valence-electron chi connectivity index (χ2n) is 8.32. The number of anilines is 1. The summed E-state index contributed by atoms with van der Waals surface area (Å²) in [6.07, 6.45) is 0. The average Bonchev–Trinajstić information content (AvgIpc) is 3.39. The highest BCUT2D eigenvalue weighted by molar-refractivity contribution is 7.60. The SMILES string of the molecule is CCOC(=O)c1ccc2c(c1)nc(NC(=O)c1cc(C)nn1CC)n2Cc1c(F)cc(P(=O)(O)O)cc1F. The van der Waals surface area contributed by atoms with Gasteiger partial charge in [-0.05, 0) is 57.2 Å². The molecular formula is C24H24F2N5O6P. The summed E-state index contributed by atoms with van der Waals surface area (Å²) < 4.78 is 49.1. The monoisotopic (exact) mass is 547 g/mol. The van der Waals surface area contributed by atoms with Crippen LogP contribution in [0, 0.1) is 18.6 Å². The number of amides is 1. The Hall–Kier alpha value is -3.93. The van der Waals surface area contributed by atoms with Gasteiger partial charge in [0.25, 0.3) is 5.91 Å². The highest BCUT2D eigenvalue weighted by atomic mass is 31.2. The molecule has 38 heavy (non-hydrogen) atoms. The van der Waals surface area contributed by atoms with Gasteiger partial charge in [0.2, 0.25) is 5.95 Å². The summed E-state index contributed by atoms with van der Waals surface area (Å²) in [7, 11) is -4.90.